The van der Waals surface area contributed by atoms with Gasteiger partial charge in [-0.15, -0.1) is 11.6 Å². The molecule has 3 heteroatoms. The van der Waals surface area contributed by atoms with Gasteiger partial charge in [0, 0.05) is 16.8 Å². The Morgan fingerprint density at radius 2 is 2.29 bits per heavy atom. The Balaban J connectivity index is 2.38. The second-order valence-electron chi connectivity index (χ2n) is 3.64. The summed E-state index contributed by atoms with van der Waals surface area (Å²) in [5, 5.41) is 0.892. The van der Waals surface area contributed by atoms with Gasteiger partial charge in [0.1, 0.15) is 5.75 Å². The van der Waals surface area contributed by atoms with Gasteiger partial charge in [-0.2, -0.15) is 0 Å². The number of hydrogen-bond acceptors (Lipinski definition) is 1. The first kappa shape index (κ1) is 10.1. The Labute approximate surface area is 94.0 Å². The van der Waals surface area contributed by atoms with Crippen LogP contribution in [0.4, 0.5) is 0 Å². The Bertz CT molecular complexity index is 347. The third-order valence-corrected chi connectivity index (χ3v) is 2.70. The molecule has 1 heterocycles. The van der Waals surface area contributed by atoms with Gasteiger partial charge in [-0.3, -0.25) is 0 Å². The van der Waals surface area contributed by atoms with E-state index < -0.39 is 0 Å². The molecule has 1 aromatic carbocycles. The number of fused-ring (bicyclic) bond motifs is 1. The van der Waals surface area contributed by atoms with Crippen molar-refractivity contribution in [3.05, 3.63) is 28.3 Å². The van der Waals surface area contributed by atoms with E-state index in [1.807, 2.05) is 19.1 Å². The summed E-state index contributed by atoms with van der Waals surface area (Å²) < 4.78 is 5.57. The van der Waals surface area contributed by atoms with Crippen LogP contribution >= 0.6 is 23.2 Å². The normalized spacial score (nSPS) is 16.2. The van der Waals surface area contributed by atoms with E-state index in [9.17, 15) is 0 Å². The molecular formula is C11H12Cl2O. The maximum absolute atomic E-state index is 6.01. The van der Waals surface area contributed by atoms with Gasteiger partial charge in [0.15, 0.2) is 0 Å². The summed E-state index contributed by atoms with van der Waals surface area (Å²) in [6, 6.07) is 3.93. The lowest BCUT2D eigenvalue weighted by molar-refractivity contribution is 0.353. The SMILES string of the molecule is CC(Cl)Cc1cc(Cl)cc2c1OCC2. The van der Waals surface area contributed by atoms with E-state index in [0.29, 0.717) is 0 Å². The third kappa shape index (κ3) is 1.99. The number of hydrogen-bond donors (Lipinski definition) is 0. The smallest absolute Gasteiger partial charge is 0.125 e. The number of alkyl halides is 1. The highest BCUT2D eigenvalue weighted by Gasteiger charge is 2.18. The Hall–Kier alpha value is -0.400. The third-order valence-electron chi connectivity index (χ3n) is 2.33. The summed E-state index contributed by atoms with van der Waals surface area (Å²) in [5.41, 5.74) is 2.34. The molecule has 76 valence electrons. The number of benzene rings is 1. The Kier molecular flexibility index (Phi) is 2.89. The van der Waals surface area contributed by atoms with Gasteiger partial charge < -0.3 is 4.74 Å². The molecule has 1 nitrogen and oxygen atoms in total. The predicted molar refractivity (Wildman–Crippen MR) is 59.7 cm³/mol. The van der Waals surface area contributed by atoms with E-state index >= 15 is 0 Å². The van der Waals surface area contributed by atoms with Crippen LogP contribution in [0, 0.1) is 0 Å². The molecule has 1 aliphatic heterocycles. The standard InChI is InChI=1S/C11H12Cl2O/c1-7(12)4-9-6-10(13)5-8-2-3-14-11(8)9/h5-7H,2-4H2,1H3. The van der Waals surface area contributed by atoms with Crippen LogP contribution in [0.15, 0.2) is 12.1 Å². The molecule has 0 aliphatic carbocycles. The van der Waals surface area contributed by atoms with Crippen LogP contribution in [0.5, 0.6) is 5.75 Å². The Morgan fingerprint density at radius 1 is 1.50 bits per heavy atom. The maximum Gasteiger partial charge on any atom is 0.125 e. The van der Waals surface area contributed by atoms with Crippen molar-refractivity contribution in [3.63, 3.8) is 0 Å². The van der Waals surface area contributed by atoms with Gasteiger partial charge in [-0.25, -0.2) is 0 Å². The molecule has 0 saturated carbocycles. The zero-order valence-electron chi connectivity index (χ0n) is 8.02. The fourth-order valence-electron chi connectivity index (χ4n) is 1.80. The van der Waals surface area contributed by atoms with Gasteiger partial charge in [0.05, 0.1) is 6.61 Å². The lowest BCUT2D eigenvalue weighted by atomic mass is 10.0. The first-order chi connectivity index (χ1) is 6.66. The molecule has 0 fully saturated rings. The lowest BCUT2D eigenvalue weighted by Gasteiger charge is -2.09. The predicted octanol–water partition coefficient (Wildman–Crippen LogP) is 3.44. The van der Waals surface area contributed by atoms with Crippen molar-refractivity contribution in [3.8, 4) is 5.75 Å². The van der Waals surface area contributed by atoms with E-state index in [1.54, 1.807) is 0 Å². The molecule has 0 spiro atoms. The van der Waals surface area contributed by atoms with Crippen LogP contribution < -0.4 is 4.74 Å². The molecule has 14 heavy (non-hydrogen) atoms. The molecular weight excluding hydrogens is 219 g/mol. The zero-order valence-corrected chi connectivity index (χ0v) is 9.53. The molecule has 0 aromatic heterocycles. The summed E-state index contributed by atoms with van der Waals surface area (Å²) >= 11 is 12.0. The molecule has 2 rings (SSSR count). The van der Waals surface area contributed by atoms with Crippen LogP contribution in [-0.4, -0.2) is 12.0 Å². The number of rotatable bonds is 2. The summed E-state index contributed by atoms with van der Waals surface area (Å²) in [4.78, 5) is 0. The minimum Gasteiger partial charge on any atom is -0.493 e. The molecule has 1 unspecified atom stereocenters. The highest BCUT2D eigenvalue weighted by molar-refractivity contribution is 6.30. The van der Waals surface area contributed by atoms with Crippen molar-refractivity contribution in [1.29, 1.82) is 0 Å². The van der Waals surface area contributed by atoms with E-state index in [2.05, 4.69) is 0 Å². The largest absolute Gasteiger partial charge is 0.493 e. The van der Waals surface area contributed by atoms with Crippen LogP contribution in [0.3, 0.4) is 0 Å². The second kappa shape index (κ2) is 4.00. The van der Waals surface area contributed by atoms with E-state index in [4.69, 9.17) is 27.9 Å². The van der Waals surface area contributed by atoms with Crippen LogP contribution in [0.1, 0.15) is 18.1 Å². The highest BCUT2D eigenvalue weighted by Crippen LogP contribution is 2.33. The van der Waals surface area contributed by atoms with Gasteiger partial charge >= 0.3 is 0 Å². The van der Waals surface area contributed by atoms with E-state index in [-0.39, 0.29) is 5.38 Å². The van der Waals surface area contributed by atoms with Crippen molar-refractivity contribution in [1.82, 2.24) is 0 Å². The fraction of sp³-hybridized carbons (Fsp3) is 0.455. The van der Waals surface area contributed by atoms with Gasteiger partial charge in [0.25, 0.3) is 0 Å². The molecule has 0 N–H and O–H groups in total. The minimum absolute atomic E-state index is 0.113. The maximum atomic E-state index is 6.01. The number of ether oxygens (including phenoxy) is 1. The summed E-state index contributed by atoms with van der Waals surface area (Å²) in [5.74, 6) is 1.00. The van der Waals surface area contributed by atoms with Crippen molar-refractivity contribution in [2.45, 2.75) is 25.1 Å². The number of halogens is 2. The molecule has 0 amide bonds. The highest BCUT2D eigenvalue weighted by atomic mass is 35.5. The van der Waals surface area contributed by atoms with Gasteiger partial charge in [-0.05, 0) is 36.6 Å². The van der Waals surface area contributed by atoms with Crippen molar-refractivity contribution >= 4 is 23.2 Å². The fourth-order valence-corrected chi connectivity index (χ4v) is 2.23. The van der Waals surface area contributed by atoms with E-state index in [1.165, 1.54) is 5.56 Å². The average molecular weight is 231 g/mol. The molecule has 1 aliphatic rings. The van der Waals surface area contributed by atoms with Crippen LogP contribution in [0.25, 0.3) is 0 Å². The Morgan fingerprint density at radius 3 is 3.00 bits per heavy atom. The summed E-state index contributed by atoms with van der Waals surface area (Å²) in [7, 11) is 0. The van der Waals surface area contributed by atoms with Crippen LogP contribution in [-0.2, 0) is 12.8 Å². The summed E-state index contributed by atoms with van der Waals surface area (Å²) in [6.45, 7) is 2.74. The topological polar surface area (TPSA) is 9.23 Å². The molecule has 1 aromatic rings. The van der Waals surface area contributed by atoms with Crippen molar-refractivity contribution < 1.29 is 4.74 Å². The quantitative estimate of drug-likeness (QED) is 0.708. The van der Waals surface area contributed by atoms with E-state index in [0.717, 1.165) is 35.8 Å². The summed E-state index contributed by atoms with van der Waals surface area (Å²) in [6.07, 6.45) is 1.77. The van der Waals surface area contributed by atoms with Crippen LogP contribution in [0.2, 0.25) is 5.02 Å². The first-order valence-electron chi connectivity index (χ1n) is 4.75. The minimum atomic E-state index is 0.113. The zero-order chi connectivity index (χ0) is 10.1. The van der Waals surface area contributed by atoms with Crippen molar-refractivity contribution in [2.75, 3.05) is 6.61 Å². The average Bonchev–Trinajstić information content (AvgIpc) is 2.50. The van der Waals surface area contributed by atoms with Crippen molar-refractivity contribution in [2.24, 2.45) is 0 Å². The first-order valence-corrected chi connectivity index (χ1v) is 5.56. The molecule has 0 radical (unpaired) electrons. The lowest BCUT2D eigenvalue weighted by Crippen LogP contribution is -1.99. The molecule has 0 bridgehead atoms. The van der Waals surface area contributed by atoms with Gasteiger partial charge in [-0.1, -0.05) is 11.6 Å². The molecule has 0 saturated heterocycles. The van der Waals surface area contributed by atoms with Gasteiger partial charge in [0.2, 0.25) is 0 Å². The molecule has 1 atom stereocenters. The second-order valence-corrected chi connectivity index (χ2v) is 4.82. The monoisotopic (exact) mass is 230 g/mol.